The Morgan fingerprint density at radius 2 is 2.00 bits per heavy atom. The van der Waals surface area contributed by atoms with Gasteiger partial charge >= 0.3 is 5.97 Å². The van der Waals surface area contributed by atoms with E-state index in [1.165, 1.54) is 4.90 Å². The lowest BCUT2D eigenvalue weighted by molar-refractivity contribution is -0.140. The molecule has 8 heteroatoms. The fourth-order valence-corrected chi connectivity index (χ4v) is 3.01. The third-order valence-electron chi connectivity index (χ3n) is 4.28. The molecule has 0 radical (unpaired) electrons. The number of carboxylic acids is 1. The molecule has 26 heavy (non-hydrogen) atoms. The fourth-order valence-electron chi connectivity index (χ4n) is 2.80. The van der Waals surface area contributed by atoms with E-state index in [9.17, 15) is 19.5 Å². The zero-order chi connectivity index (χ0) is 19.6. The standard InChI is InChI=1S/C18H21ClN2O5/c1-10-4-5-11(6-12(10)19)9-21-17(26)15(13(22)7-18(21,2)3)16(25)20-8-14(23)24/h4-6,22H,7-9H2,1-3H3,(H,20,25)(H,23,24). The molecular formula is C18H21ClN2O5. The Morgan fingerprint density at radius 1 is 1.35 bits per heavy atom. The molecule has 0 fully saturated rings. The van der Waals surface area contributed by atoms with E-state index in [0.29, 0.717) is 5.02 Å². The molecule has 1 heterocycles. The second-order valence-corrected chi connectivity index (χ2v) is 7.27. The molecule has 7 nitrogen and oxygen atoms in total. The van der Waals surface area contributed by atoms with Crippen molar-refractivity contribution in [1.29, 1.82) is 0 Å². The molecule has 1 aliphatic rings. The molecule has 2 amide bonds. The number of aliphatic hydroxyl groups excluding tert-OH is 1. The molecule has 0 saturated heterocycles. The van der Waals surface area contributed by atoms with E-state index in [4.69, 9.17) is 16.7 Å². The van der Waals surface area contributed by atoms with Crippen LogP contribution in [-0.4, -0.2) is 45.0 Å². The van der Waals surface area contributed by atoms with Gasteiger partial charge in [0.15, 0.2) is 0 Å². The van der Waals surface area contributed by atoms with Crippen LogP contribution in [0.25, 0.3) is 0 Å². The van der Waals surface area contributed by atoms with Gasteiger partial charge in [-0.05, 0) is 38.0 Å². The Morgan fingerprint density at radius 3 is 2.58 bits per heavy atom. The van der Waals surface area contributed by atoms with Crippen LogP contribution in [0, 0.1) is 6.92 Å². The van der Waals surface area contributed by atoms with E-state index in [0.717, 1.165) is 11.1 Å². The molecule has 140 valence electrons. The Bertz CT molecular complexity index is 801. The molecule has 1 aromatic rings. The van der Waals surface area contributed by atoms with Crippen LogP contribution in [0.4, 0.5) is 0 Å². The highest BCUT2D eigenvalue weighted by Crippen LogP contribution is 2.33. The number of nitrogens with one attached hydrogen (secondary N) is 1. The normalized spacial score (nSPS) is 16.6. The number of hydrogen-bond acceptors (Lipinski definition) is 4. The Balaban J connectivity index is 2.31. The molecule has 1 aromatic carbocycles. The highest BCUT2D eigenvalue weighted by molar-refractivity contribution is 6.31. The second kappa shape index (κ2) is 7.37. The molecule has 0 saturated carbocycles. The maximum Gasteiger partial charge on any atom is 0.322 e. The first kappa shape index (κ1) is 19.8. The van der Waals surface area contributed by atoms with E-state index in [-0.39, 0.29) is 18.7 Å². The van der Waals surface area contributed by atoms with Gasteiger partial charge < -0.3 is 20.4 Å². The minimum absolute atomic E-state index is 0.0775. The summed E-state index contributed by atoms with van der Waals surface area (Å²) in [7, 11) is 0. The number of halogens is 1. The van der Waals surface area contributed by atoms with Gasteiger partial charge in [0.1, 0.15) is 17.9 Å². The van der Waals surface area contributed by atoms with Crippen molar-refractivity contribution in [3.8, 4) is 0 Å². The van der Waals surface area contributed by atoms with Gasteiger partial charge in [-0.25, -0.2) is 0 Å². The quantitative estimate of drug-likeness (QED) is 0.678. The van der Waals surface area contributed by atoms with Gasteiger partial charge in [-0.2, -0.15) is 0 Å². The number of amides is 2. The zero-order valence-corrected chi connectivity index (χ0v) is 15.6. The maximum atomic E-state index is 12.9. The van der Waals surface area contributed by atoms with Crippen LogP contribution in [-0.2, 0) is 20.9 Å². The Kier molecular flexibility index (Phi) is 5.61. The summed E-state index contributed by atoms with van der Waals surface area (Å²) in [5.74, 6) is -3.15. The van der Waals surface area contributed by atoms with Crippen molar-refractivity contribution in [3.63, 3.8) is 0 Å². The monoisotopic (exact) mass is 380 g/mol. The number of carboxylic acid groups (broad SMARTS) is 1. The average Bonchev–Trinajstić information content (AvgIpc) is 2.52. The van der Waals surface area contributed by atoms with Crippen LogP contribution < -0.4 is 5.32 Å². The first-order valence-corrected chi connectivity index (χ1v) is 8.40. The molecule has 0 atom stereocenters. The van der Waals surface area contributed by atoms with Crippen LogP contribution in [0.2, 0.25) is 5.02 Å². The van der Waals surface area contributed by atoms with Crippen LogP contribution in [0.15, 0.2) is 29.5 Å². The molecule has 1 aliphatic heterocycles. The van der Waals surface area contributed by atoms with Crippen molar-refractivity contribution in [1.82, 2.24) is 10.2 Å². The second-order valence-electron chi connectivity index (χ2n) is 6.86. The van der Waals surface area contributed by atoms with Gasteiger partial charge in [-0.1, -0.05) is 23.7 Å². The molecule has 0 unspecified atom stereocenters. The summed E-state index contributed by atoms with van der Waals surface area (Å²) >= 11 is 6.14. The van der Waals surface area contributed by atoms with Crippen LogP contribution in [0.3, 0.4) is 0 Å². The number of carbonyl (C=O) groups is 3. The molecule has 0 aromatic heterocycles. The number of nitrogens with zero attached hydrogens (tertiary/aromatic N) is 1. The first-order chi connectivity index (χ1) is 12.0. The van der Waals surface area contributed by atoms with Crippen LogP contribution >= 0.6 is 11.6 Å². The van der Waals surface area contributed by atoms with Crippen LogP contribution in [0.1, 0.15) is 31.4 Å². The van der Waals surface area contributed by atoms with Crippen LogP contribution in [0.5, 0.6) is 0 Å². The topological polar surface area (TPSA) is 107 Å². The lowest BCUT2D eigenvalue weighted by Gasteiger charge is -2.42. The third-order valence-corrected chi connectivity index (χ3v) is 4.69. The largest absolute Gasteiger partial charge is 0.511 e. The third kappa shape index (κ3) is 4.16. The van der Waals surface area contributed by atoms with Crippen molar-refractivity contribution in [3.05, 3.63) is 45.7 Å². The molecule has 0 aliphatic carbocycles. The average molecular weight is 381 g/mol. The summed E-state index contributed by atoms with van der Waals surface area (Å²) in [5.41, 5.74) is 0.540. The minimum Gasteiger partial charge on any atom is -0.511 e. The van der Waals surface area contributed by atoms with Crippen molar-refractivity contribution in [2.75, 3.05) is 6.54 Å². The number of aryl methyl sites for hydroxylation is 1. The Hall–Kier alpha value is -2.54. The molecular weight excluding hydrogens is 360 g/mol. The number of hydrogen-bond donors (Lipinski definition) is 3. The summed E-state index contributed by atoms with van der Waals surface area (Å²) in [5, 5.41) is 21.5. The number of carbonyl (C=O) groups excluding carboxylic acids is 2. The zero-order valence-electron chi connectivity index (χ0n) is 14.8. The minimum atomic E-state index is -1.24. The van der Waals surface area contributed by atoms with Gasteiger partial charge in [0.05, 0.1) is 0 Å². The lowest BCUT2D eigenvalue weighted by atomic mass is 9.88. The Labute approximate surface area is 156 Å². The fraction of sp³-hybridized carbons (Fsp3) is 0.389. The van der Waals surface area contributed by atoms with Crippen molar-refractivity contribution >= 4 is 29.4 Å². The number of aliphatic hydroxyl groups is 1. The van der Waals surface area contributed by atoms with Gasteiger partial charge in [0.2, 0.25) is 0 Å². The number of rotatable bonds is 5. The van der Waals surface area contributed by atoms with Crippen molar-refractivity contribution < 1.29 is 24.6 Å². The summed E-state index contributed by atoms with van der Waals surface area (Å²) in [6, 6.07) is 5.43. The molecule has 0 spiro atoms. The molecule has 0 bridgehead atoms. The summed E-state index contributed by atoms with van der Waals surface area (Å²) in [4.78, 5) is 37.1. The van der Waals surface area contributed by atoms with Gasteiger partial charge in [-0.3, -0.25) is 14.4 Å². The lowest BCUT2D eigenvalue weighted by Crippen LogP contribution is -2.53. The van der Waals surface area contributed by atoms with Gasteiger partial charge in [0.25, 0.3) is 11.8 Å². The highest BCUT2D eigenvalue weighted by atomic mass is 35.5. The maximum absolute atomic E-state index is 12.9. The summed E-state index contributed by atoms with van der Waals surface area (Å²) in [6.45, 7) is 4.99. The molecule has 2 rings (SSSR count). The summed E-state index contributed by atoms with van der Waals surface area (Å²) in [6.07, 6.45) is 0.0775. The predicted molar refractivity (Wildman–Crippen MR) is 95.7 cm³/mol. The van der Waals surface area contributed by atoms with E-state index < -0.39 is 35.4 Å². The highest BCUT2D eigenvalue weighted by Gasteiger charge is 2.42. The van der Waals surface area contributed by atoms with Crippen molar-refractivity contribution in [2.45, 2.75) is 39.3 Å². The number of aliphatic carboxylic acids is 1. The van der Waals surface area contributed by atoms with E-state index >= 15 is 0 Å². The first-order valence-electron chi connectivity index (χ1n) is 8.02. The van der Waals surface area contributed by atoms with Gasteiger partial charge in [0, 0.05) is 23.5 Å². The van der Waals surface area contributed by atoms with E-state index in [1.54, 1.807) is 19.9 Å². The van der Waals surface area contributed by atoms with Gasteiger partial charge in [-0.15, -0.1) is 0 Å². The predicted octanol–water partition coefficient (Wildman–Crippen LogP) is 2.17. The molecule has 3 N–H and O–H groups in total. The number of benzene rings is 1. The summed E-state index contributed by atoms with van der Waals surface area (Å²) < 4.78 is 0. The smallest absolute Gasteiger partial charge is 0.322 e. The van der Waals surface area contributed by atoms with E-state index in [1.807, 2.05) is 19.1 Å². The van der Waals surface area contributed by atoms with Crippen molar-refractivity contribution in [2.24, 2.45) is 0 Å². The SMILES string of the molecule is Cc1ccc(CN2C(=O)C(C(=O)NCC(=O)O)=C(O)CC2(C)C)cc1Cl. The van der Waals surface area contributed by atoms with E-state index in [2.05, 4.69) is 5.32 Å².